The first-order valence-corrected chi connectivity index (χ1v) is 15.8. The largest absolute Gasteiger partial charge is 0.494 e. The normalized spacial score (nSPS) is 14.6. The van der Waals surface area contributed by atoms with Gasteiger partial charge in [-0.3, -0.25) is 0 Å². The number of nitrogens with two attached hydrogens (primary N) is 1. The number of pyridine rings is 1. The summed E-state index contributed by atoms with van der Waals surface area (Å²) in [5, 5.41) is 19.5. The van der Waals surface area contributed by atoms with E-state index in [-0.39, 0.29) is 11.9 Å². The van der Waals surface area contributed by atoms with E-state index in [0.717, 1.165) is 27.7 Å². The average molecular weight is 768 g/mol. The number of anilines is 2. The Balaban J connectivity index is 0.000000396. The van der Waals surface area contributed by atoms with Gasteiger partial charge in [0.2, 0.25) is 0 Å². The molecule has 1 saturated heterocycles. The number of rotatable bonds is 9. The second kappa shape index (κ2) is 17.6. The van der Waals surface area contributed by atoms with E-state index in [2.05, 4.69) is 20.3 Å². The smallest absolute Gasteiger partial charge is 0.490 e. The number of halogens is 7. The Bertz CT molecular complexity index is 2010. The van der Waals surface area contributed by atoms with Crippen LogP contribution in [0.5, 0.6) is 11.5 Å². The molecule has 6 N–H and O–H groups in total. The van der Waals surface area contributed by atoms with Gasteiger partial charge in [-0.15, -0.1) is 0 Å². The number of nitrogens with one attached hydrogen (secondary N) is 2. The second-order valence-electron chi connectivity index (χ2n) is 11.2. The summed E-state index contributed by atoms with van der Waals surface area (Å²) < 4.78 is 97.1. The minimum Gasteiger partial charge on any atom is -0.494 e. The van der Waals surface area contributed by atoms with Crippen LogP contribution in [-0.2, 0) is 14.3 Å². The van der Waals surface area contributed by atoms with Gasteiger partial charge in [0.1, 0.15) is 29.5 Å². The van der Waals surface area contributed by atoms with Crippen LogP contribution in [0.4, 0.5) is 42.2 Å². The van der Waals surface area contributed by atoms with Gasteiger partial charge >= 0.3 is 24.3 Å². The molecule has 54 heavy (non-hydrogen) atoms. The molecule has 12 nitrogen and oxygen atoms in total. The van der Waals surface area contributed by atoms with Gasteiger partial charge in [0.05, 0.1) is 31.7 Å². The third kappa shape index (κ3) is 11.0. The quantitative estimate of drug-likeness (QED) is 0.0944. The van der Waals surface area contributed by atoms with E-state index in [4.69, 9.17) is 39.7 Å². The summed E-state index contributed by atoms with van der Waals surface area (Å²) in [7, 11) is 0. The molecule has 0 spiro atoms. The number of alkyl halides is 6. The monoisotopic (exact) mass is 767 g/mol. The van der Waals surface area contributed by atoms with Crippen molar-refractivity contribution in [1.29, 1.82) is 0 Å². The molecule has 1 unspecified atom stereocenters. The fourth-order valence-electron chi connectivity index (χ4n) is 4.92. The van der Waals surface area contributed by atoms with Crippen molar-refractivity contribution in [3.05, 3.63) is 96.3 Å². The molecule has 0 amide bonds. The number of imidazole rings is 1. The molecule has 1 fully saturated rings. The van der Waals surface area contributed by atoms with E-state index in [9.17, 15) is 26.3 Å². The minimum atomic E-state index is -5.08. The highest BCUT2D eigenvalue weighted by Gasteiger charge is 2.39. The SMILES string of the molecule is CCOc1cc(O[C@@H]2CCOC2)c(F)c(C(Nc2ccc3c(N)nccc3c2)c2ncc(-c3ccccc3)[nH]2)c1.O=C(O)C(F)(F)F.O=C(O)C(F)(F)F. The van der Waals surface area contributed by atoms with Crippen molar-refractivity contribution in [2.45, 2.75) is 37.8 Å². The van der Waals surface area contributed by atoms with E-state index < -0.39 is 36.2 Å². The molecule has 3 aromatic carbocycles. The number of nitrogen functional groups attached to an aromatic ring is 1. The van der Waals surface area contributed by atoms with Gasteiger partial charge in [0.25, 0.3) is 0 Å². The Morgan fingerprint density at radius 3 is 2.26 bits per heavy atom. The van der Waals surface area contributed by atoms with Gasteiger partial charge in [-0.1, -0.05) is 30.3 Å². The molecular weight excluding hydrogens is 735 g/mol. The average Bonchev–Trinajstić information content (AvgIpc) is 3.82. The van der Waals surface area contributed by atoms with E-state index in [1.165, 1.54) is 0 Å². The van der Waals surface area contributed by atoms with Crippen molar-refractivity contribution < 1.29 is 64.7 Å². The molecule has 2 aromatic heterocycles. The lowest BCUT2D eigenvalue weighted by atomic mass is 10.0. The summed E-state index contributed by atoms with van der Waals surface area (Å²) in [6.45, 7) is 3.32. The lowest BCUT2D eigenvalue weighted by Crippen LogP contribution is -2.21. The highest BCUT2D eigenvalue weighted by atomic mass is 19.4. The van der Waals surface area contributed by atoms with Crippen molar-refractivity contribution >= 4 is 34.2 Å². The molecule has 1 aliphatic rings. The number of H-pyrrole nitrogens is 1. The Kier molecular flexibility index (Phi) is 13.3. The lowest BCUT2D eigenvalue weighted by molar-refractivity contribution is -0.193. The number of nitrogens with zero attached hydrogens (tertiary/aromatic N) is 2. The lowest BCUT2D eigenvalue weighted by Gasteiger charge is -2.23. The van der Waals surface area contributed by atoms with Crippen LogP contribution >= 0.6 is 0 Å². The number of aromatic nitrogens is 3. The molecule has 288 valence electrons. The molecule has 0 aliphatic carbocycles. The number of hydrogen-bond donors (Lipinski definition) is 5. The molecule has 1 aliphatic heterocycles. The van der Waals surface area contributed by atoms with Crippen LogP contribution in [0.25, 0.3) is 22.0 Å². The Morgan fingerprint density at radius 1 is 1.00 bits per heavy atom. The maximum absolute atomic E-state index is 16.3. The maximum atomic E-state index is 16.3. The molecule has 2 atom stereocenters. The first-order valence-electron chi connectivity index (χ1n) is 15.8. The van der Waals surface area contributed by atoms with Gasteiger partial charge in [0, 0.05) is 35.3 Å². The third-order valence-corrected chi connectivity index (χ3v) is 7.39. The molecule has 3 heterocycles. The fraction of sp³-hybridized carbons (Fsp3) is 0.257. The molecule has 6 rings (SSSR count). The van der Waals surface area contributed by atoms with E-state index in [0.29, 0.717) is 49.2 Å². The molecule has 5 aromatic rings. The van der Waals surface area contributed by atoms with E-state index in [1.54, 1.807) is 24.5 Å². The van der Waals surface area contributed by atoms with Crippen LogP contribution in [0.2, 0.25) is 0 Å². The summed E-state index contributed by atoms with van der Waals surface area (Å²) >= 11 is 0. The Hall–Kier alpha value is -6.11. The molecular formula is C35H32F7N5O7. The molecule has 0 radical (unpaired) electrons. The van der Waals surface area contributed by atoms with Gasteiger partial charge in [-0.25, -0.2) is 23.9 Å². The number of benzene rings is 3. The van der Waals surface area contributed by atoms with Crippen LogP contribution in [-0.4, -0.2) is 75.4 Å². The predicted molar refractivity (Wildman–Crippen MR) is 180 cm³/mol. The van der Waals surface area contributed by atoms with Gasteiger partial charge < -0.3 is 40.5 Å². The van der Waals surface area contributed by atoms with Crippen LogP contribution in [0.1, 0.15) is 30.8 Å². The maximum Gasteiger partial charge on any atom is 0.490 e. The summed E-state index contributed by atoms with van der Waals surface area (Å²) in [6, 6.07) is 20.1. The summed E-state index contributed by atoms with van der Waals surface area (Å²) in [4.78, 5) is 30.0. The van der Waals surface area contributed by atoms with Crippen molar-refractivity contribution in [3.8, 4) is 22.8 Å². The zero-order valence-electron chi connectivity index (χ0n) is 28.0. The van der Waals surface area contributed by atoms with Gasteiger partial charge in [-0.05, 0) is 48.2 Å². The highest BCUT2D eigenvalue weighted by molar-refractivity contribution is 5.93. The van der Waals surface area contributed by atoms with Crippen LogP contribution in [0, 0.1) is 5.82 Å². The first-order chi connectivity index (χ1) is 25.5. The zero-order valence-corrected chi connectivity index (χ0v) is 28.0. The number of carboxylic acid groups (broad SMARTS) is 2. The van der Waals surface area contributed by atoms with Crippen LogP contribution < -0.4 is 20.5 Å². The van der Waals surface area contributed by atoms with E-state index >= 15 is 4.39 Å². The molecule has 0 bridgehead atoms. The molecule has 19 heteroatoms. The third-order valence-electron chi connectivity index (χ3n) is 7.39. The van der Waals surface area contributed by atoms with Gasteiger partial charge in [0.15, 0.2) is 11.6 Å². The first kappa shape index (κ1) is 40.7. The standard InChI is InChI=1S/C31H30FN5O3.2C2HF3O2/c1-2-39-23-15-25(28(32)27(16-23)40-22-11-13-38-18-22)29(31-35-17-26(37-31)19-6-4-3-5-7-19)36-21-8-9-24-20(14-21)10-12-34-30(24)33;2*3-2(4,5)1(6)7/h3-10,12,14-17,22,29,36H,2,11,13,18H2,1H3,(H2,33,34)(H,35,37);2*(H,6,7)/t22-,29?;;/m1../s1. The fourth-order valence-corrected chi connectivity index (χ4v) is 4.92. The summed E-state index contributed by atoms with van der Waals surface area (Å²) in [5.74, 6) is -4.38. The van der Waals surface area contributed by atoms with Crippen LogP contribution in [0.3, 0.4) is 0 Å². The Morgan fingerprint density at radius 2 is 1.67 bits per heavy atom. The summed E-state index contributed by atoms with van der Waals surface area (Å²) in [6.07, 6.45) is -6.27. The highest BCUT2D eigenvalue weighted by Crippen LogP contribution is 2.37. The van der Waals surface area contributed by atoms with Crippen molar-refractivity contribution in [2.75, 3.05) is 30.9 Å². The number of fused-ring (bicyclic) bond motifs is 1. The number of carboxylic acids is 2. The predicted octanol–water partition coefficient (Wildman–Crippen LogP) is 7.38. The van der Waals surface area contributed by atoms with Gasteiger partial charge in [-0.2, -0.15) is 26.3 Å². The Labute approximate surface area is 301 Å². The summed E-state index contributed by atoms with van der Waals surface area (Å²) in [5.41, 5.74) is 8.95. The number of hydrogen-bond acceptors (Lipinski definition) is 9. The second-order valence-corrected chi connectivity index (χ2v) is 11.2. The number of aliphatic carboxylic acids is 2. The topological polar surface area (TPSA) is 182 Å². The van der Waals surface area contributed by atoms with Crippen molar-refractivity contribution in [1.82, 2.24) is 15.0 Å². The zero-order chi connectivity index (χ0) is 39.6. The van der Waals surface area contributed by atoms with Crippen molar-refractivity contribution in [2.24, 2.45) is 0 Å². The van der Waals surface area contributed by atoms with Crippen LogP contribution in [0.15, 0.2) is 79.1 Å². The number of ether oxygens (including phenoxy) is 3. The van der Waals surface area contributed by atoms with Crippen molar-refractivity contribution in [3.63, 3.8) is 0 Å². The number of aromatic amines is 1. The molecule has 0 saturated carbocycles. The minimum absolute atomic E-state index is 0.121. The number of carbonyl (C=O) groups is 2. The van der Waals surface area contributed by atoms with E-state index in [1.807, 2.05) is 61.5 Å².